The number of hydrazone groups is 1. The van der Waals surface area contributed by atoms with Crippen molar-refractivity contribution < 1.29 is 14.2 Å². The number of rotatable bonds is 7. The largest absolute Gasteiger partial charge is 0.497 e. The molecule has 2 aromatic carbocycles. The number of nitrogens with one attached hydrogen (secondary N) is 1. The Bertz CT molecular complexity index is 891. The van der Waals surface area contributed by atoms with Crippen molar-refractivity contribution in [3.05, 3.63) is 53.4 Å². The maximum Gasteiger partial charge on any atom is 0.203 e. The summed E-state index contributed by atoms with van der Waals surface area (Å²) in [5.41, 5.74) is 5.67. The molecule has 0 radical (unpaired) electrons. The molecule has 0 saturated carbocycles. The zero-order valence-electron chi connectivity index (χ0n) is 14.7. The van der Waals surface area contributed by atoms with E-state index in [0.29, 0.717) is 16.6 Å². The number of ether oxygens (including phenoxy) is 3. The minimum atomic E-state index is 0.638. The molecule has 0 aliphatic rings. The zero-order chi connectivity index (χ0) is 18.4. The van der Waals surface area contributed by atoms with Crippen molar-refractivity contribution in [2.24, 2.45) is 5.10 Å². The third-order valence-electron chi connectivity index (χ3n) is 3.69. The molecule has 0 aliphatic carbocycles. The van der Waals surface area contributed by atoms with Gasteiger partial charge < -0.3 is 14.2 Å². The Morgan fingerprint density at radius 3 is 2.50 bits per heavy atom. The van der Waals surface area contributed by atoms with Gasteiger partial charge in [0, 0.05) is 16.5 Å². The minimum Gasteiger partial charge on any atom is -0.497 e. The van der Waals surface area contributed by atoms with E-state index in [1.165, 1.54) is 11.3 Å². The zero-order valence-corrected chi connectivity index (χ0v) is 15.5. The number of nitrogens with zero attached hydrogens (tertiary/aromatic N) is 2. The highest BCUT2D eigenvalue weighted by Gasteiger charge is 2.08. The van der Waals surface area contributed by atoms with Crippen molar-refractivity contribution in [3.8, 4) is 28.5 Å². The monoisotopic (exact) mass is 369 g/mol. The second-order valence-corrected chi connectivity index (χ2v) is 6.08. The van der Waals surface area contributed by atoms with E-state index in [4.69, 9.17) is 14.2 Å². The highest BCUT2D eigenvalue weighted by Crippen LogP contribution is 2.30. The molecular formula is C19H19N3O3S. The number of para-hydroxylation sites is 1. The number of aromatic nitrogens is 1. The van der Waals surface area contributed by atoms with Crippen molar-refractivity contribution in [1.29, 1.82) is 0 Å². The fourth-order valence-electron chi connectivity index (χ4n) is 2.39. The average molecular weight is 369 g/mol. The first-order valence-corrected chi connectivity index (χ1v) is 8.73. The molecule has 1 aromatic heterocycles. The van der Waals surface area contributed by atoms with Crippen molar-refractivity contribution in [3.63, 3.8) is 0 Å². The van der Waals surface area contributed by atoms with Gasteiger partial charge in [-0.15, -0.1) is 11.3 Å². The number of methoxy groups -OCH3 is 3. The van der Waals surface area contributed by atoms with Crippen molar-refractivity contribution >= 4 is 22.7 Å². The summed E-state index contributed by atoms with van der Waals surface area (Å²) < 4.78 is 15.8. The molecule has 0 amide bonds. The molecule has 0 aliphatic heterocycles. The number of anilines is 1. The SMILES string of the molecule is COc1ccc(-c2csc(N/N=C\c3cccc(OC)c3OC)n2)cc1. The molecule has 0 fully saturated rings. The normalized spacial score (nSPS) is 10.7. The van der Waals surface area contributed by atoms with Gasteiger partial charge in [-0.25, -0.2) is 4.98 Å². The topological polar surface area (TPSA) is 65.0 Å². The summed E-state index contributed by atoms with van der Waals surface area (Å²) in [6.07, 6.45) is 1.68. The molecule has 0 atom stereocenters. The van der Waals surface area contributed by atoms with Crippen molar-refractivity contribution in [1.82, 2.24) is 4.98 Å². The van der Waals surface area contributed by atoms with E-state index in [1.54, 1.807) is 27.5 Å². The summed E-state index contributed by atoms with van der Waals surface area (Å²) in [5.74, 6) is 2.12. The summed E-state index contributed by atoms with van der Waals surface area (Å²) in [7, 11) is 4.85. The minimum absolute atomic E-state index is 0.638. The van der Waals surface area contributed by atoms with E-state index < -0.39 is 0 Å². The van der Waals surface area contributed by atoms with E-state index in [9.17, 15) is 0 Å². The number of benzene rings is 2. The van der Waals surface area contributed by atoms with E-state index in [-0.39, 0.29) is 0 Å². The summed E-state index contributed by atoms with van der Waals surface area (Å²) in [5, 5.41) is 6.93. The third-order valence-corrected chi connectivity index (χ3v) is 4.43. The number of hydrogen-bond donors (Lipinski definition) is 1. The van der Waals surface area contributed by atoms with Crippen LogP contribution in [-0.2, 0) is 0 Å². The molecule has 0 saturated heterocycles. The van der Waals surface area contributed by atoms with Crippen LogP contribution in [0.3, 0.4) is 0 Å². The highest BCUT2D eigenvalue weighted by molar-refractivity contribution is 7.14. The second-order valence-electron chi connectivity index (χ2n) is 5.22. The van der Waals surface area contributed by atoms with Gasteiger partial charge >= 0.3 is 0 Å². The number of hydrogen-bond acceptors (Lipinski definition) is 7. The Morgan fingerprint density at radius 2 is 1.81 bits per heavy atom. The van der Waals surface area contributed by atoms with Crippen LogP contribution in [0.15, 0.2) is 52.9 Å². The van der Waals surface area contributed by atoms with Crippen LogP contribution in [0.1, 0.15) is 5.56 Å². The first kappa shape index (κ1) is 17.8. The van der Waals surface area contributed by atoms with Gasteiger partial charge in [0.05, 0.1) is 33.2 Å². The van der Waals surface area contributed by atoms with Crippen LogP contribution in [0.25, 0.3) is 11.3 Å². The standard InChI is InChI=1S/C19H19N3O3S/c1-23-15-9-7-13(8-10-15)16-12-26-19(21-16)22-20-11-14-5-4-6-17(24-2)18(14)25-3/h4-12H,1-3H3,(H,21,22)/b20-11-. The Labute approximate surface area is 156 Å². The van der Waals surface area contributed by atoms with Gasteiger partial charge in [0.2, 0.25) is 5.13 Å². The molecule has 3 rings (SSSR count). The predicted molar refractivity (Wildman–Crippen MR) is 105 cm³/mol. The number of thiazole rings is 1. The lowest BCUT2D eigenvalue weighted by molar-refractivity contribution is 0.354. The molecule has 134 valence electrons. The fourth-order valence-corrected chi connectivity index (χ4v) is 3.06. The molecule has 3 aromatic rings. The fraction of sp³-hybridized carbons (Fsp3) is 0.158. The van der Waals surface area contributed by atoms with Gasteiger partial charge in [-0.3, -0.25) is 5.43 Å². The van der Waals surface area contributed by atoms with Crippen LogP contribution in [0.5, 0.6) is 17.2 Å². The van der Waals surface area contributed by atoms with Crippen LogP contribution in [0, 0.1) is 0 Å². The molecule has 0 spiro atoms. The third kappa shape index (κ3) is 3.94. The lowest BCUT2D eigenvalue weighted by Crippen LogP contribution is -1.96. The molecular weight excluding hydrogens is 350 g/mol. The quantitative estimate of drug-likeness (QED) is 0.497. The average Bonchev–Trinajstić information content (AvgIpc) is 3.16. The van der Waals surface area contributed by atoms with Crippen LogP contribution >= 0.6 is 11.3 Å². The molecule has 1 N–H and O–H groups in total. The molecule has 7 heteroatoms. The molecule has 1 heterocycles. The van der Waals surface area contributed by atoms with Crippen LogP contribution in [-0.4, -0.2) is 32.5 Å². The van der Waals surface area contributed by atoms with E-state index in [1.807, 2.05) is 47.8 Å². The molecule has 26 heavy (non-hydrogen) atoms. The summed E-state index contributed by atoms with van der Waals surface area (Å²) in [4.78, 5) is 4.54. The summed E-state index contributed by atoms with van der Waals surface area (Å²) in [6.45, 7) is 0. The Kier molecular flexibility index (Phi) is 5.70. The smallest absolute Gasteiger partial charge is 0.203 e. The predicted octanol–water partition coefficient (Wildman–Crippen LogP) is 4.28. The maximum absolute atomic E-state index is 5.38. The summed E-state index contributed by atoms with van der Waals surface area (Å²) in [6, 6.07) is 13.4. The lowest BCUT2D eigenvalue weighted by atomic mass is 10.2. The van der Waals surface area contributed by atoms with Crippen molar-refractivity contribution in [2.75, 3.05) is 26.8 Å². The van der Waals surface area contributed by atoms with Gasteiger partial charge in [-0.1, -0.05) is 6.07 Å². The Balaban J connectivity index is 1.71. The van der Waals surface area contributed by atoms with Gasteiger partial charge in [0.1, 0.15) is 5.75 Å². The van der Waals surface area contributed by atoms with Crippen LogP contribution in [0.2, 0.25) is 0 Å². The van der Waals surface area contributed by atoms with Gasteiger partial charge in [-0.05, 0) is 36.4 Å². The molecule has 6 nitrogen and oxygen atoms in total. The highest BCUT2D eigenvalue weighted by atomic mass is 32.1. The van der Waals surface area contributed by atoms with Crippen LogP contribution in [0.4, 0.5) is 5.13 Å². The molecule has 0 bridgehead atoms. The van der Waals surface area contributed by atoms with Gasteiger partial charge in [0.15, 0.2) is 11.5 Å². The molecule has 0 unspecified atom stereocenters. The van der Waals surface area contributed by atoms with E-state index >= 15 is 0 Å². The van der Waals surface area contributed by atoms with Gasteiger partial charge in [-0.2, -0.15) is 5.10 Å². The Hall–Kier alpha value is -3.06. The first-order valence-electron chi connectivity index (χ1n) is 7.85. The maximum atomic E-state index is 5.38. The van der Waals surface area contributed by atoms with Crippen molar-refractivity contribution in [2.45, 2.75) is 0 Å². The van der Waals surface area contributed by atoms with Crippen LogP contribution < -0.4 is 19.6 Å². The lowest BCUT2D eigenvalue weighted by Gasteiger charge is -2.09. The van der Waals surface area contributed by atoms with E-state index in [2.05, 4.69) is 15.5 Å². The van der Waals surface area contributed by atoms with Gasteiger partial charge in [0.25, 0.3) is 0 Å². The summed E-state index contributed by atoms with van der Waals surface area (Å²) >= 11 is 1.48. The van der Waals surface area contributed by atoms with E-state index in [0.717, 1.165) is 22.6 Å². The first-order chi connectivity index (χ1) is 12.7. The second kappa shape index (κ2) is 8.35. The Morgan fingerprint density at radius 1 is 1.00 bits per heavy atom.